The van der Waals surface area contributed by atoms with Crippen LogP contribution in [-0.2, 0) is 20.8 Å². The highest BCUT2D eigenvalue weighted by Gasteiger charge is 2.21. The smallest absolute Gasteiger partial charge is 0.244 e. The third-order valence-electron chi connectivity index (χ3n) is 12.5. The number of nitrogens with zero attached hydrogens (tertiary/aromatic N) is 3. The average molecular weight is 1100 g/mol. The van der Waals surface area contributed by atoms with E-state index in [0.29, 0.717) is 25.0 Å². The molecule has 77 heavy (non-hydrogen) atoms. The molecule has 1 aliphatic carbocycles. The number of hydrogen-bond acceptors (Lipinski definition) is 10. The first-order chi connectivity index (χ1) is 36.4. The molecule has 418 valence electrons. The Hall–Kier alpha value is -4.75. The summed E-state index contributed by atoms with van der Waals surface area (Å²) < 4.78 is 0. The van der Waals surface area contributed by atoms with E-state index in [1.165, 1.54) is 42.7 Å². The van der Waals surface area contributed by atoms with E-state index < -0.39 is 0 Å². The second kappa shape index (κ2) is 37.2. The van der Waals surface area contributed by atoms with Gasteiger partial charge in [-0.1, -0.05) is 148 Å². The van der Waals surface area contributed by atoms with Crippen LogP contribution in [0.3, 0.4) is 0 Å². The van der Waals surface area contributed by atoms with Gasteiger partial charge >= 0.3 is 0 Å². The summed E-state index contributed by atoms with van der Waals surface area (Å²) in [5.41, 5.74) is 6.10. The number of benzene rings is 4. The molecular weight excluding hydrogens is 1010 g/mol. The van der Waals surface area contributed by atoms with Crippen LogP contribution in [0.1, 0.15) is 139 Å². The Bertz CT molecular complexity index is 2540. The fourth-order valence-corrected chi connectivity index (χ4v) is 11.0. The minimum absolute atomic E-state index is 0. The Morgan fingerprint density at radius 2 is 1.22 bits per heavy atom. The highest BCUT2D eigenvalue weighted by molar-refractivity contribution is 7.99. The standard InChI is InChI=1S/C23H31NOS.C23H29NOS.C19H28N2O2S.CH4/c2*1-19-12-16-22(17-13-19)26-23-11-7-6-9-20(23)14-15-21(25)10-5-4-8-18-24(2)3;1-19(2,3)13-24-18-14(6-5-11-20-18)9-10-17(23)21-15-7-4-8-16(22)12-15;/h6-7,9,11-13,16-17H,4-5,8,10,14-15,18H2,1-3H3;6-7,9,11-17H,4-5,8,10,18H2,1-3H3;5-6,9-11,15-16,22H,4,7-8,12-13H2,1-3H3,(H,21,23);1H4/b;15-14-;10-9+;. The Balaban J connectivity index is 0.000000302. The van der Waals surface area contributed by atoms with E-state index in [4.69, 9.17) is 0 Å². The summed E-state index contributed by atoms with van der Waals surface area (Å²) in [4.78, 5) is 50.1. The number of aliphatic hydroxyl groups excluding tert-OH is 1. The molecule has 2 N–H and O–H groups in total. The number of carbonyl (C=O) groups is 3. The molecule has 0 spiro atoms. The molecule has 1 aliphatic rings. The van der Waals surface area contributed by atoms with Crippen LogP contribution in [0.4, 0.5) is 0 Å². The SMILES string of the molecule is C.CC(C)(C)CSc1ncccc1/C=C/C(=O)NC1CCCC(O)C1.Cc1ccc(Sc2ccccc2/C=C\C(=O)CCCCCN(C)C)cc1.Cc1ccc(Sc2ccccc2CCC(=O)CCCCCN(C)C)cc1. The monoisotopic (exact) mass is 1100 g/mol. The van der Waals surface area contributed by atoms with Gasteiger partial charge in [-0.25, -0.2) is 4.98 Å². The number of pyridine rings is 1. The predicted octanol–water partition coefficient (Wildman–Crippen LogP) is 15.9. The predicted molar refractivity (Wildman–Crippen MR) is 331 cm³/mol. The summed E-state index contributed by atoms with van der Waals surface area (Å²) in [7, 11) is 8.36. The number of rotatable bonds is 26. The number of carbonyl (C=O) groups excluding carboxylic acids is 3. The van der Waals surface area contributed by atoms with Crippen LogP contribution in [0.25, 0.3) is 12.2 Å². The van der Waals surface area contributed by atoms with Crippen molar-refractivity contribution in [3.63, 3.8) is 0 Å². The van der Waals surface area contributed by atoms with Crippen LogP contribution in [0.2, 0.25) is 0 Å². The number of aromatic nitrogens is 1. The van der Waals surface area contributed by atoms with Crippen molar-refractivity contribution in [3.05, 3.63) is 155 Å². The fraction of sp³-hybridized carbons (Fsp3) is 0.455. The highest BCUT2D eigenvalue weighted by Crippen LogP contribution is 2.33. The molecule has 1 aromatic heterocycles. The first-order valence-corrected chi connectivity index (χ1v) is 30.0. The number of unbranched alkanes of at least 4 members (excludes halogenated alkanes) is 4. The fourth-order valence-electron chi connectivity index (χ4n) is 8.13. The first kappa shape index (κ1) is 66.5. The number of hydrogen-bond donors (Lipinski definition) is 2. The Morgan fingerprint density at radius 3 is 1.83 bits per heavy atom. The summed E-state index contributed by atoms with van der Waals surface area (Å²) >= 11 is 5.23. The van der Waals surface area contributed by atoms with E-state index in [-0.39, 0.29) is 36.7 Å². The molecule has 0 aliphatic heterocycles. The van der Waals surface area contributed by atoms with Gasteiger partial charge < -0.3 is 20.2 Å². The molecule has 5 aromatic rings. The third kappa shape index (κ3) is 29.7. The number of nitrogens with one attached hydrogen (secondary N) is 1. The van der Waals surface area contributed by atoms with Gasteiger partial charge in [-0.2, -0.15) is 0 Å². The molecule has 1 amide bonds. The molecule has 2 atom stereocenters. The van der Waals surface area contributed by atoms with Crippen LogP contribution in [0.5, 0.6) is 0 Å². The zero-order valence-corrected chi connectivity index (χ0v) is 49.6. The van der Waals surface area contributed by atoms with Crippen molar-refractivity contribution in [1.82, 2.24) is 20.1 Å². The Labute approximate surface area is 478 Å². The molecule has 2 unspecified atom stereocenters. The molecule has 0 saturated heterocycles. The molecule has 6 rings (SSSR count). The topological polar surface area (TPSA) is 103 Å². The van der Waals surface area contributed by atoms with Gasteiger partial charge in [0.25, 0.3) is 0 Å². The molecule has 11 heteroatoms. The van der Waals surface area contributed by atoms with Crippen molar-refractivity contribution in [1.29, 1.82) is 0 Å². The molecular formula is C66H92N4O4S3. The first-order valence-electron chi connectivity index (χ1n) is 27.3. The minimum Gasteiger partial charge on any atom is -0.393 e. The van der Waals surface area contributed by atoms with Crippen LogP contribution >= 0.6 is 35.3 Å². The molecule has 1 heterocycles. The molecule has 1 saturated carbocycles. The maximum atomic E-state index is 12.2. The maximum Gasteiger partial charge on any atom is 0.244 e. The number of aryl methyl sites for hydroxylation is 3. The normalized spacial score (nSPS) is 14.4. The highest BCUT2D eigenvalue weighted by atomic mass is 32.2. The number of Topliss-reactive ketones (excluding diaryl/α,β-unsaturated/α-hetero) is 1. The molecule has 0 bridgehead atoms. The summed E-state index contributed by atoms with van der Waals surface area (Å²) in [5, 5.41) is 13.6. The van der Waals surface area contributed by atoms with Gasteiger partial charge in [-0.3, -0.25) is 14.4 Å². The van der Waals surface area contributed by atoms with Crippen LogP contribution < -0.4 is 5.32 Å². The zero-order chi connectivity index (χ0) is 55.1. The zero-order valence-electron chi connectivity index (χ0n) is 47.2. The second-order valence-electron chi connectivity index (χ2n) is 21.6. The van der Waals surface area contributed by atoms with E-state index in [2.05, 4.69) is 168 Å². The lowest BCUT2D eigenvalue weighted by atomic mass is 9.93. The summed E-state index contributed by atoms with van der Waals surface area (Å²) in [5.74, 6) is 1.47. The van der Waals surface area contributed by atoms with Gasteiger partial charge in [0.05, 0.1) is 6.10 Å². The maximum absolute atomic E-state index is 12.2. The number of aliphatic hydroxyl groups is 1. The van der Waals surface area contributed by atoms with E-state index in [9.17, 15) is 19.5 Å². The summed E-state index contributed by atoms with van der Waals surface area (Å²) in [6.07, 6.45) is 21.4. The van der Waals surface area contributed by atoms with Crippen LogP contribution in [-0.4, -0.2) is 96.5 Å². The van der Waals surface area contributed by atoms with Gasteiger partial charge in [0.1, 0.15) is 10.8 Å². The van der Waals surface area contributed by atoms with Crippen molar-refractivity contribution >= 4 is 64.9 Å². The van der Waals surface area contributed by atoms with E-state index in [1.54, 1.807) is 53.6 Å². The number of thioether (sulfide) groups is 1. The Morgan fingerprint density at radius 1 is 0.662 bits per heavy atom. The average Bonchev–Trinajstić information content (AvgIpc) is 3.38. The van der Waals surface area contributed by atoms with Gasteiger partial charge in [-0.05, 0) is 184 Å². The van der Waals surface area contributed by atoms with Gasteiger partial charge in [0.2, 0.25) is 5.91 Å². The quantitative estimate of drug-likeness (QED) is 0.0316. The lowest BCUT2D eigenvalue weighted by molar-refractivity contribution is -0.119. The van der Waals surface area contributed by atoms with Crippen molar-refractivity contribution in [2.24, 2.45) is 5.41 Å². The van der Waals surface area contributed by atoms with E-state index in [0.717, 1.165) is 99.2 Å². The molecule has 1 fully saturated rings. The number of allylic oxidation sites excluding steroid dienone is 1. The summed E-state index contributed by atoms with van der Waals surface area (Å²) in [6, 6.07) is 37.8. The molecule has 8 nitrogen and oxygen atoms in total. The number of ketones is 2. The lowest BCUT2D eigenvalue weighted by Gasteiger charge is -2.26. The minimum atomic E-state index is -0.285. The van der Waals surface area contributed by atoms with Crippen molar-refractivity contribution in [2.45, 2.75) is 169 Å². The van der Waals surface area contributed by atoms with E-state index >= 15 is 0 Å². The summed E-state index contributed by atoms with van der Waals surface area (Å²) in [6.45, 7) is 13.0. The van der Waals surface area contributed by atoms with Gasteiger partial charge in [-0.15, -0.1) is 11.8 Å². The van der Waals surface area contributed by atoms with Crippen LogP contribution in [0.15, 0.2) is 152 Å². The van der Waals surface area contributed by atoms with Gasteiger partial charge in [0, 0.05) is 68.5 Å². The van der Waals surface area contributed by atoms with Crippen molar-refractivity contribution < 1.29 is 19.5 Å². The molecule has 0 radical (unpaired) electrons. The van der Waals surface area contributed by atoms with E-state index in [1.807, 2.05) is 36.4 Å². The Kier molecular flexibility index (Phi) is 32.1. The third-order valence-corrected chi connectivity index (χ3v) is 16.3. The number of amides is 1. The van der Waals surface area contributed by atoms with Crippen LogP contribution in [0, 0.1) is 19.3 Å². The van der Waals surface area contributed by atoms with Crippen molar-refractivity contribution in [3.8, 4) is 0 Å². The largest absolute Gasteiger partial charge is 0.393 e. The lowest BCUT2D eigenvalue weighted by Crippen LogP contribution is -2.38. The van der Waals surface area contributed by atoms with Gasteiger partial charge in [0.15, 0.2) is 5.78 Å². The van der Waals surface area contributed by atoms with Crippen molar-refractivity contribution in [2.75, 3.05) is 47.0 Å². The molecule has 4 aromatic carbocycles. The second-order valence-corrected chi connectivity index (χ2v) is 24.8.